The van der Waals surface area contributed by atoms with Crippen molar-refractivity contribution in [3.8, 4) is 11.5 Å². The molecule has 0 heterocycles. The van der Waals surface area contributed by atoms with Crippen molar-refractivity contribution in [1.82, 2.24) is 0 Å². The average Bonchev–Trinajstić information content (AvgIpc) is 2.36. The maximum Gasteiger partial charge on any atom is 0.262 e. The minimum absolute atomic E-state index is 0.0998. The summed E-state index contributed by atoms with van der Waals surface area (Å²) in [5.74, 6) is 0.324. The number of hydrogen-bond donors (Lipinski definition) is 2. The normalized spacial score (nSPS) is 9.95. The number of phenolic OH excluding ortho intramolecular Hbond substituents is 1. The van der Waals surface area contributed by atoms with Crippen LogP contribution in [0.4, 0.5) is 5.69 Å². The third kappa shape index (κ3) is 4.03. The molecule has 0 atom stereocenters. The predicted molar refractivity (Wildman–Crippen MR) is 73.4 cm³/mol. The van der Waals surface area contributed by atoms with Crippen LogP contribution in [-0.2, 0) is 4.79 Å². The van der Waals surface area contributed by atoms with Gasteiger partial charge in [-0.05, 0) is 36.8 Å². The molecule has 0 saturated heterocycles. The summed E-state index contributed by atoms with van der Waals surface area (Å²) in [6.45, 7) is 1.86. The first-order chi connectivity index (χ1) is 9.13. The van der Waals surface area contributed by atoms with Crippen LogP contribution in [0.5, 0.6) is 11.5 Å². The molecular weight excluding hydrogens is 242 g/mol. The zero-order chi connectivity index (χ0) is 13.7. The van der Waals surface area contributed by atoms with Crippen LogP contribution >= 0.6 is 0 Å². The predicted octanol–water partition coefficient (Wildman–Crippen LogP) is 2.72. The molecule has 1 amide bonds. The molecule has 4 nitrogen and oxygen atoms in total. The van der Waals surface area contributed by atoms with Gasteiger partial charge in [-0.2, -0.15) is 0 Å². The monoisotopic (exact) mass is 257 g/mol. The molecule has 2 rings (SSSR count). The molecule has 0 radical (unpaired) electrons. The zero-order valence-electron chi connectivity index (χ0n) is 10.6. The molecule has 2 N–H and O–H groups in total. The lowest BCUT2D eigenvalue weighted by Gasteiger charge is -2.08. The van der Waals surface area contributed by atoms with E-state index in [0.717, 1.165) is 11.3 Å². The number of anilines is 1. The van der Waals surface area contributed by atoms with Crippen LogP contribution in [0.2, 0.25) is 0 Å². The summed E-state index contributed by atoms with van der Waals surface area (Å²) in [5, 5.41) is 12.0. The molecule has 98 valence electrons. The molecule has 2 aromatic rings. The fourth-order valence-electron chi connectivity index (χ4n) is 1.64. The van der Waals surface area contributed by atoms with E-state index in [1.165, 1.54) is 6.07 Å². The molecule has 0 bridgehead atoms. The highest BCUT2D eigenvalue weighted by molar-refractivity contribution is 5.91. The minimum Gasteiger partial charge on any atom is -0.508 e. The molecule has 2 aromatic carbocycles. The van der Waals surface area contributed by atoms with E-state index in [1.807, 2.05) is 31.2 Å². The first-order valence-corrected chi connectivity index (χ1v) is 5.92. The van der Waals surface area contributed by atoms with Crippen LogP contribution in [-0.4, -0.2) is 17.6 Å². The van der Waals surface area contributed by atoms with E-state index >= 15 is 0 Å². The SMILES string of the molecule is Cc1cccc(NC(=O)COc2cccc(O)c2)c1. The van der Waals surface area contributed by atoms with Crippen LogP contribution in [0.15, 0.2) is 48.5 Å². The Kier molecular flexibility index (Phi) is 4.03. The van der Waals surface area contributed by atoms with Crippen molar-refractivity contribution < 1.29 is 14.6 Å². The Morgan fingerprint density at radius 2 is 2.00 bits per heavy atom. The number of ether oxygens (including phenoxy) is 1. The van der Waals surface area contributed by atoms with Gasteiger partial charge >= 0.3 is 0 Å². The van der Waals surface area contributed by atoms with Crippen LogP contribution in [0.1, 0.15) is 5.56 Å². The van der Waals surface area contributed by atoms with E-state index < -0.39 is 0 Å². The number of amides is 1. The van der Waals surface area contributed by atoms with Crippen LogP contribution in [0, 0.1) is 6.92 Å². The van der Waals surface area contributed by atoms with E-state index in [1.54, 1.807) is 18.2 Å². The number of benzene rings is 2. The molecule has 0 spiro atoms. The number of carbonyl (C=O) groups is 1. The van der Waals surface area contributed by atoms with Crippen molar-refractivity contribution in [1.29, 1.82) is 0 Å². The molecule has 0 aliphatic carbocycles. The third-order valence-electron chi connectivity index (χ3n) is 2.49. The number of rotatable bonds is 4. The second-order valence-electron chi connectivity index (χ2n) is 4.20. The van der Waals surface area contributed by atoms with E-state index in [2.05, 4.69) is 5.32 Å². The fourth-order valence-corrected chi connectivity index (χ4v) is 1.64. The van der Waals surface area contributed by atoms with E-state index in [4.69, 9.17) is 4.74 Å². The summed E-state index contributed by atoms with van der Waals surface area (Å²) in [6.07, 6.45) is 0. The van der Waals surface area contributed by atoms with E-state index in [0.29, 0.717) is 5.75 Å². The molecular formula is C15H15NO3. The van der Waals surface area contributed by atoms with Crippen molar-refractivity contribution in [2.45, 2.75) is 6.92 Å². The zero-order valence-corrected chi connectivity index (χ0v) is 10.6. The van der Waals surface area contributed by atoms with Crippen LogP contribution in [0.3, 0.4) is 0 Å². The summed E-state index contributed by atoms with van der Waals surface area (Å²) in [7, 11) is 0. The van der Waals surface area contributed by atoms with Crippen LogP contribution < -0.4 is 10.1 Å². The fraction of sp³-hybridized carbons (Fsp3) is 0.133. The molecule has 0 aliphatic rings. The van der Waals surface area contributed by atoms with Crippen molar-refractivity contribution >= 4 is 11.6 Å². The topological polar surface area (TPSA) is 58.6 Å². The summed E-state index contributed by atoms with van der Waals surface area (Å²) in [4.78, 5) is 11.7. The first kappa shape index (κ1) is 13.0. The lowest BCUT2D eigenvalue weighted by Crippen LogP contribution is -2.20. The highest BCUT2D eigenvalue weighted by Gasteiger charge is 2.04. The second-order valence-corrected chi connectivity index (χ2v) is 4.20. The number of aromatic hydroxyl groups is 1. The van der Waals surface area contributed by atoms with Gasteiger partial charge in [-0.25, -0.2) is 0 Å². The largest absolute Gasteiger partial charge is 0.508 e. The maximum atomic E-state index is 11.7. The minimum atomic E-state index is -0.242. The standard InChI is InChI=1S/C15H15NO3/c1-11-4-2-5-12(8-11)16-15(18)10-19-14-7-3-6-13(17)9-14/h2-9,17H,10H2,1H3,(H,16,18). The van der Waals surface area contributed by atoms with Gasteiger partial charge in [0.15, 0.2) is 6.61 Å². The van der Waals surface area contributed by atoms with Crippen LogP contribution in [0.25, 0.3) is 0 Å². The number of hydrogen-bond acceptors (Lipinski definition) is 3. The first-order valence-electron chi connectivity index (χ1n) is 5.92. The second kappa shape index (κ2) is 5.91. The van der Waals surface area contributed by atoms with Gasteiger partial charge in [-0.15, -0.1) is 0 Å². The van der Waals surface area contributed by atoms with Gasteiger partial charge in [-0.3, -0.25) is 4.79 Å². The molecule has 0 aliphatic heterocycles. The van der Waals surface area contributed by atoms with E-state index in [-0.39, 0.29) is 18.3 Å². The van der Waals surface area contributed by atoms with Gasteiger partial charge in [0.2, 0.25) is 0 Å². The Morgan fingerprint density at radius 3 is 2.74 bits per heavy atom. The maximum absolute atomic E-state index is 11.7. The van der Waals surface area contributed by atoms with Gasteiger partial charge < -0.3 is 15.2 Å². The Labute approximate surface area is 111 Å². The van der Waals surface area contributed by atoms with Gasteiger partial charge in [0.05, 0.1) is 0 Å². The highest BCUT2D eigenvalue weighted by Crippen LogP contribution is 2.17. The smallest absolute Gasteiger partial charge is 0.262 e. The number of nitrogens with one attached hydrogen (secondary N) is 1. The quantitative estimate of drug-likeness (QED) is 0.885. The van der Waals surface area contributed by atoms with E-state index in [9.17, 15) is 9.90 Å². The van der Waals surface area contributed by atoms with Crippen molar-refractivity contribution in [2.75, 3.05) is 11.9 Å². The molecule has 0 fully saturated rings. The summed E-state index contributed by atoms with van der Waals surface area (Å²) in [5.41, 5.74) is 1.82. The molecule has 0 saturated carbocycles. The highest BCUT2D eigenvalue weighted by atomic mass is 16.5. The lowest BCUT2D eigenvalue weighted by atomic mass is 10.2. The Bertz CT molecular complexity index is 581. The Morgan fingerprint density at radius 1 is 1.21 bits per heavy atom. The Balaban J connectivity index is 1.88. The number of carbonyl (C=O) groups excluding carboxylic acids is 1. The Hall–Kier alpha value is -2.49. The average molecular weight is 257 g/mol. The molecule has 4 heteroatoms. The van der Waals surface area contributed by atoms with Crippen molar-refractivity contribution in [3.05, 3.63) is 54.1 Å². The molecule has 19 heavy (non-hydrogen) atoms. The molecule has 0 aromatic heterocycles. The number of phenols is 1. The summed E-state index contributed by atoms with van der Waals surface area (Å²) < 4.78 is 5.28. The van der Waals surface area contributed by atoms with Gasteiger partial charge in [-0.1, -0.05) is 18.2 Å². The van der Waals surface area contributed by atoms with Crippen molar-refractivity contribution in [3.63, 3.8) is 0 Å². The van der Waals surface area contributed by atoms with Gasteiger partial charge in [0.1, 0.15) is 11.5 Å². The van der Waals surface area contributed by atoms with Gasteiger partial charge in [0.25, 0.3) is 5.91 Å². The molecule has 0 unspecified atom stereocenters. The third-order valence-corrected chi connectivity index (χ3v) is 2.49. The summed E-state index contributed by atoms with van der Waals surface area (Å²) >= 11 is 0. The lowest BCUT2D eigenvalue weighted by molar-refractivity contribution is -0.118. The summed E-state index contributed by atoms with van der Waals surface area (Å²) in [6, 6.07) is 13.9. The number of aryl methyl sites for hydroxylation is 1. The van der Waals surface area contributed by atoms with Gasteiger partial charge in [0, 0.05) is 11.8 Å². The van der Waals surface area contributed by atoms with Crippen molar-refractivity contribution in [2.24, 2.45) is 0 Å².